The molecule has 152 valence electrons. The van der Waals surface area contributed by atoms with Gasteiger partial charge < -0.3 is 4.42 Å². The molecular weight excluding hydrogens is 410 g/mol. The first kappa shape index (κ1) is 21.1. The average molecular weight is 432 g/mol. The van der Waals surface area contributed by atoms with Gasteiger partial charge in [-0.25, -0.2) is 8.42 Å². The zero-order chi connectivity index (χ0) is 21.0. The van der Waals surface area contributed by atoms with E-state index in [9.17, 15) is 13.2 Å². The van der Waals surface area contributed by atoms with Gasteiger partial charge in [0.1, 0.15) is 0 Å². The number of carbonyl (C=O) groups is 1. The molecule has 1 N–H and O–H groups in total. The number of nitrogens with one attached hydrogen (secondary N) is 1. The molecule has 9 heteroatoms. The standard InChI is InChI=1S/C20H21N3O4S2/c1-13(2)29(25,26)17-10-6-15(7-11-17)19(24)21-20-23-22-18(27-20)12-14-4-8-16(28-3)9-5-14/h4-11,13H,12H2,1-3H3,(H,21,23,24). The molecule has 0 bridgehead atoms. The molecule has 0 saturated carbocycles. The van der Waals surface area contributed by atoms with Gasteiger partial charge in [-0.15, -0.1) is 16.9 Å². The predicted molar refractivity (Wildman–Crippen MR) is 112 cm³/mol. The van der Waals surface area contributed by atoms with E-state index < -0.39 is 21.0 Å². The summed E-state index contributed by atoms with van der Waals surface area (Å²) in [5.41, 5.74) is 1.31. The van der Waals surface area contributed by atoms with Crippen molar-refractivity contribution in [1.29, 1.82) is 0 Å². The third-order valence-electron chi connectivity index (χ3n) is 4.27. The van der Waals surface area contributed by atoms with Crippen molar-refractivity contribution >= 4 is 33.5 Å². The lowest BCUT2D eigenvalue weighted by Crippen LogP contribution is -2.15. The number of hydrogen-bond donors (Lipinski definition) is 1. The van der Waals surface area contributed by atoms with Crippen molar-refractivity contribution in [3.8, 4) is 0 Å². The molecule has 2 aromatic carbocycles. The Morgan fingerprint density at radius 1 is 1.07 bits per heavy atom. The van der Waals surface area contributed by atoms with Crippen LogP contribution in [0.25, 0.3) is 0 Å². The van der Waals surface area contributed by atoms with Gasteiger partial charge in [0.2, 0.25) is 5.89 Å². The summed E-state index contributed by atoms with van der Waals surface area (Å²) in [4.78, 5) is 13.7. The summed E-state index contributed by atoms with van der Waals surface area (Å²) in [6, 6.07) is 13.7. The maximum absolute atomic E-state index is 12.4. The zero-order valence-corrected chi connectivity index (χ0v) is 17.9. The number of aromatic nitrogens is 2. The summed E-state index contributed by atoms with van der Waals surface area (Å²) in [6.07, 6.45) is 2.47. The number of sulfone groups is 1. The van der Waals surface area contributed by atoms with E-state index in [0.717, 1.165) is 5.56 Å². The minimum atomic E-state index is -3.38. The zero-order valence-electron chi connectivity index (χ0n) is 16.2. The van der Waals surface area contributed by atoms with Gasteiger partial charge in [-0.3, -0.25) is 10.1 Å². The molecule has 0 saturated heterocycles. The molecule has 3 rings (SSSR count). The molecule has 1 amide bonds. The molecule has 0 aliphatic carbocycles. The largest absolute Gasteiger partial charge is 0.407 e. The molecule has 1 heterocycles. The minimum absolute atomic E-state index is 0.00962. The van der Waals surface area contributed by atoms with E-state index in [0.29, 0.717) is 17.9 Å². The van der Waals surface area contributed by atoms with Gasteiger partial charge in [0.25, 0.3) is 5.91 Å². The van der Waals surface area contributed by atoms with Crippen molar-refractivity contribution in [3.63, 3.8) is 0 Å². The van der Waals surface area contributed by atoms with Crippen LogP contribution < -0.4 is 5.32 Å². The third kappa shape index (κ3) is 5.04. The quantitative estimate of drug-likeness (QED) is 0.567. The average Bonchev–Trinajstić information content (AvgIpc) is 3.15. The number of amides is 1. The van der Waals surface area contributed by atoms with E-state index in [-0.39, 0.29) is 10.9 Å². The topological polar surface area (TPSA) is 102 Å². The highest BCUT2D eigenvalue weighted by molar-refractivity contribution is 7.98. The van der Waals surface area contributed by atoms with Gasteiger partial charge in [0.15, 0.2) is 9.84 Å². The Morgan fingerprint density at radius 3 is 2.31 bits per heavy atom. The van der Waals surface area contributed by atoms with Crippen LogP contribution in [0, 0.1) is 0 Å². The van der Waals surface area contributed by atoms with Crippen molar-refractivity contribution in [2.45, 2.75) is 35.3 Å². The normalized spacial score (nSPS) is 11.6. The Labute approximate surface area is 173 Å². The van der Waals surface area contributed by atoms with E-state index in [1.165, 1.54) is 29.2 Å². The molecule has 0 fully saturated rings. The smallest absolute Gasteiger partial charge is 0.322 e. The van der Waals surface area contributed by atoms with Crippen LogP contribution in [0.4, 0.5) is 6.01 Å². The van der Waals surface area contributed by atoms with E-state index in [1.807, 2.05) is 30.5 Å². The predicted octanol–water partition coefficient (Wildman–Crippen LogP) is 3.82. The van der Waals surface area contributed by atoms with Crippen LogP contribution in [-0.4, -0.2) is 36.0 Å². The van der Waals surface area contributed by atoms with Gasteiger partial charge in [-0.1, -0.05) is 17.2 Å². The van der Waals surface area contributed by atoms with Crippen LogP contribution in [0.1, 0.15) is 35.7 Å². The fourth-order valence-electron chi connectivity index (χ4n) is 2.53. The lowest BCUT2D eigenvalue weighted by Gasteiger charge is -2.08. The second kappa shape index (κ2) is 8.79. The summed E-state index contributed by atoms with van der Waals surface area (Å²) in [6.45, 7) is 3.22. The molecule has 29 heavy (non-hydrogen) atoms. The molecule has 0 aliphatic rings. The molecular formula is C20H21N3O4S2. The van der Waals surface area contributed by atoms with Gasteiger partial charge in [0.05, 0.1) is 16.6 Å². The van der Waals surface area contributed by atoms with Crippen LogP contribution in [0.3, 0.4) is 0 Å². The van der Waals surface area contributed by atoms with Crippen LogP contribution in [0.2, 0.25) is 0 Å². The van der Waals surface area contributed by atoms with Gasteiger partial charge in [-0.2, -0.15) is 0 Å². The number of benzene rings is 2. The van der Waals surface area contributed by atoms with Gasteiger partial charge in [0, 0.05) is 10.5 Å². The van der Waals surface area contributed by atoms with Crippen LogP contribution >= 0.6 is 11.8 Å². The van der Waals surface area contributed by atoms with Crippen molar-refractivity contribution in [3.05, 3.63) is 65.5 Å². The summed E-state index contributed by atoms with van der Waals surface area (Å²) in [7, 11) is -3.38. The number of hydrogen-bond acceptors (Lipinski definition) is 7. The molecule has 0 spiro atoms. The Morgan fingerprint density at radius 2 is 1.72 bits per heavy atom. The fourth-order valence-corrected chi connectivity index (χ4v) is 4.00. The third-order valence-corrected chi connectivity index (χ3v) is 7.18. The molecule has 0 atom stereocenters. The summed E-state index contributed by atoms with van der Waals surface area (Å²) < 4.78 is 29.8. The SMILES string of the molecule is CSc1ccc(Cc2nnc(NC(=O)c3ccc(S(=O)(=O)C(C)C)cc3)o2)cc1. The molecule has 0 aliphatic heterocycles. The second-order valence-corrected chi connectivity index (χ2v) is 9.98. The Bertz CT molecular complexity index is 1090. The first-order valence-corrected chi connectivity index (χ1v) is 11.7. The number of anilines is 1. The van der Waals surface area contributed by atoms with Crippen molar-refractivity contribution < 1.29 is 17.6 Å². The van der Waals surface area contributed by atoms with Gasteiger partial charge in [-0.05, 0) is 62.1 Å². The number of carbonyl (C=O) groups excluding carboxylic acids is 1. The maximum Gasteiger partial charge on any atom is 0.322 e. The van der Waals surface area contributed by atoms with E-state index in [2.05, 4.69) is 15.5 Å². The number of thioether (sulfide) groups is 1. The first-order valence-electron chi connectivity index (χ1n) is 8.90. The first-order chi connectivity index (χ1) is 13.8. The summed E-state index contributed by atoms with van der Waals surface area (Å²) >= 11 is 1.66. The lowest BCUT2D eigenvalue weighted by atomic mass is 10.1. The summed E-state index contributed by atoms with van der Waals surface area (Å²) in [5, 5.41) is 9.79. The Kier molecular flexibility index (Phi) is 6.39. The monoisotopic (exact) mass is 431 g/mol. The molecule has 0 unspecified atom stereocenters. The maximum atomic E-state index is 12.4. The van der Waals surface area contributed by atoms with Crippen molar-refractivity contribution in [2.24, 2.45) is 0 Å². The molecule has 7 nitrogen and oxygen atoms in total. The Hall–Kier alpha value is -2.65. The van der Waals surface area contributed by atoms with Gasteiger partial charge >= 0.3 is 6.01 Å². The minimum Gasteiger partial charge on any atom is -0.407 e. The lowest BCUT2D eigenvalue weighted by molar-refractivity contribution is 0.102. The van der Waals surface area contributed by atoms with E-state index in [1.54, 1.807) is 25.6 Å². The highest BCUT2D eigenvalue weighted by atomic mass is 32.2. The van der Waals surface area contributed by atoms with Crippen molar-refractivity contribution in [2.75, 3.05) is 11.6 Å². The Balaban J connectivity index is 1.65. The van der Waals surface area contributed by atoms with Crippen LogP contribution in [0.15, 0.2) is 62.7 Å². The highest BCUT2D eigenvalue weighted by Crippen LogP contribution is 2.19. The van der Waals surface area contributed by atoms with E-state index >= 15 is 0 Å². The molecule has 3 aromatic rings. The highest BCUT2D eigenvalue weighted by Gasteiger charge is 2.20. The molecule has 0 radical (unpaired) electrons. The fraction of sp³-hybridized carbons (Fsp3) is 0.250. The van der Waals surface area contributed by atoms with Crippen LogP contribution in [-0.2, 0) is 16.3 Å². The summed E-state index contributed by atoms with van der Waals surface area (Å²) in [5.74, 6) is -0.0754. The number of nitrogens with zero attached hydrogens (tertiary/aromatic N) is 2. The van der Waals surface area contributed by atoms with Crippen molar-refractivity contribution in [1.82, 2.24) is 10.2 Å². The van der Waals surface area contributed by atoms with Crippen LogP contribution in [0.5, 0.6) is 0 Å². The van der Waals surface area contributed by atoms with E-state index in [4.69, 9.17) is 4.42 Å². The number of rotatable bonds is 7. The molecule has 1 aromatic heterocycles. The second-order valence-electron chi connectivity index (χ2n) is 6.60.